The van der Waals surface area contributed by atoms with E-state index in [9.17, 15) is 13.2 Å². The second kappa shape index (κ2) is 5.84. The van der Waals surface area contributed by atoms with Crippen molar-refractivity contribution in [3.8, 4) is 0 Å². The van der Waals surface area contributed by atoms with Gasteiger partial charge in [0.2, 0.25) is 11.8 Å². The van der Waals surface area contributed by atoms with E-state index in [2.05, 4.69) is 10.2 Å². The fourth-order valence-electron chi connectivity index (χ4n) is 2.51. The molecule has 0 N–H and O–H groups in total. The van der Waals surface area contributed by atoms with Crippen LogP contribution in [-0.4, -0.2) is 59.3 Å². The van der Waals surface area contributed by atoms with E-state index in [1.807, 2.05) is 0 Å². The summed E-state index contributed by atoms with van der Waals surface area (Å²) in [4.78, 5) is 14.0. The van der Waals surface area contributed by atoms with Crippen molar-refractivity contribution in [2.45, 2.75) is 48.6 Å². The molecule has 0 unspecified atom stereocenters. The number of aromatic nitrogens is 2. The first-order chi connectivity index (χ1) is 10.4. The summed E-state index contributed by atoms with van der Waals surface area (Å²) in [6, 6.07) is -0.231. The van der Waals surface area contributed by atoms with Crippen LogP contribution >= 0.6 is 11.8 Å². The number of hydrogen-bond donors (Lipinski definition) is 0. The lowest BCUT2D eigenvalue weighted by Crippen LogP contribution is -2.41. The van der Waals surface area contributed by atoms with E-state index in [0.717, 1.165) is 12.8 Å². The summed E-state index contributed by atoms with van der Waals surface area (Å²) < 4.78 is 28.6. The molecule has 1 aromatic heterocycles. The number of carbonyl (C=O) groups excluding carboxylic acids is 1. The van der Waals surface area contributed by atoms with Gasteiger partial charge in [-0.05, 0) is 26.2 Å². The molecule has 1 aliphatic heterocycles. The van der Waals surface area contributed by atoms with E-state index in [-0.39, 0.29) is 28.7 Å². The quantitative estimate of drug-likeness (QED) is 0.737. The summed E-state index contributed by atoms with van der Waals surface area (Å²) in [7, 11) is -1.34. The molecule has 2 heterocycles. The third-order valence-electron chi connectivity index (χ3n) is 4.08. The molecular formula is C13H19N3O4S2. The Kier molecular flexibility index (Phi) is 4.19. The highest BCUT2D eigenvalue weighted by Crippen LogP contribution is 2.40. The van der Waals surface area contributed by atoms with Crippen molar-refractivity contribution in [3.63, 3.8) is 0 Å². The predicted molar refractivity (Wildman–Crippen MR) is 81.4 cm³/mol. The number of carbonyl (C=O) groups is 1. The second-order valence-corrected chi connectivity index (χ2v) is 9.47. The summed E-state index contributed by atoms with van der Waals surface area (Å²) in [5, 5.41) is 7.96. The summed E-state index contributed by atoms with van der Waals surface area (Å²) in [6.45, 7) is 1.77. The van der Waals surface area contributed by atoms with Crippen LogP contribution in [0, 0.1) is 0 Å². The first kappa shape index (κ1) is 15.8. The van der Waals surface area contributed by atoms with E-state index in [1.165, 1.54) is 11.8 Å². The number of rotatable bonds is 5. The van der Waals surface area contributed by atoms with Crippen molar-refractivity contribution < 1.29 is 17.6 Å². The molecule has 0 aromatic carbocycles. The van der Waals surface area contributed by atoms with Crippen LogP contribution in [0.15, 0.2) is 9.64 Å². The van der Waals surface area contributed by atoms with Crippen molar-refractivity contribution >= 4 is 27.5 Å². The number of sulfone groups is 1. The standard InChI is InChI=1S/C13H19N3O4S2/c1-8(21-13-15-14-11(20-13)9-3-4-9)12(17)16(2)10-5-6-22(18,19)7-10/h8-10H,3-7H2,1-2H3/t8-,10-/m0/s1. The number of thioether (sulfide) groups is 1. The van der Waals surface area contributed by atoms with Crippen molar-refractivity contribution in [1.82, 2.24) is 15.1 Å². The van der Waals surface area contributed by atoms with Gasteiger partial charge in [0.15, 0.2) is 9.84 Å². The molecule has 2 aliphatic rings. The van der Waals surface area contributed by atoms with Gasteiger partial charge >= 0.3 is 0 Å². The van der Waals surface area contributed by atoms with E-state index < -0.39 is 9.84 Å². The lowest BCUT2D eigenvalue weighted by Gasteiger charge is -2.25. The van der Waals surface area contributed by atoms with Gasteiger partial charge in [0.05, 0.1) is 16.8 Å². The Balaban J connectivity index is 1.58. The Morgan fingerprint density at radius 1 is 1.36 bits per heavy atom. The van der Waals surface area contributed by atoms with Crippen LogP contribution in [0.5, 0.6) is 0 Å². The maximum absolute atomic E-state index is 12.4. The van der Waals surface area contributed by atoms with Gasteiger partial charge in [-0.1, -0.05) is 11.8 Å². The van der Waals surface area contributed by atoms with Crippen LogP contribution in [0.2, 0.25) is 0 Å². The Bertz CT molecular complexity index is 669. The minimum absolute atomic E-state index is 0.0546. The molecule has 1 aliphatic carbocycles. The van der Waals surface area contributed by atoms with Gasteiger partial charge in [-0.15, -0.1) is 10.2 Å². The molecule has 3 rings (SSSR count). The molecule has 7 nitrogen and oxygen atoms in total. The number of hydrogen-bond acceptors (Lipinski definition) is 7. The minimum Gasteiger partial charge on any atom is -0.416 e. The summed E-state index contributed by atoms with van der Waals surface area (Å²) in [6.07, 6.45) is 2.67. The average molecular weight is 345 g/mol. The Morgan fingerprint density at radius 2 is 2.09 bits per heavy atom. The first-order valence-corrected chi connectivity index (χ1v) is 10.0. The summed E-state index contributed by atoms with van der Waals surface area (Å²) in [5.74, 6) is 1.14. The fourth-order valence-corrected chi connectivity index (χ4v) is 5.08. The van der Waals surface area contributed by atoms with Crippen LogP contribution in [0.4, 0.5) is 0 Å². The van der Waals surface area contributed by atoms with Crippen LogP contribution < -0.4 is 0 Å². The molecule has 9 heteroatoms. The van der Waals surface area contributed by atoms with Crippen LogP contribution in [0.1, 0.15) is 38.0 Å². The second-order valence-electron chi connectivity index (χ2n) is 5.95. The maximum atomic E-state index is 12.4. The predicted octanol–water partition coefficient (Wildman–Crippen LogP) is 1.07. The molecule has 1 saturated carbocycles. The van der Waals surface area contributed by atoms with Gasteiger partial charge in [-0.2, -0.15) is 0 Å². The highest BCUT2D eigenvalue weighted by molar-refractivity contribution is 8.00. The Hall–Kier alpha value is -1.09. The lowest BCUT2D eigenvalue weighted by atomic mass is 10.2. The molecule has 0 radical (unpaired) electrons. The van der Waals surface area contributed by atoms with Crippen LogP contribution in [0.25, 0.3) is 0 Å². The minimum atomic E-state index is -3.00. The molecule has 0 spiro atoms. The van der Waals surface area contributed by atoms with Gasteiger partial charge in [0.25, 0.3) is 5.22 Å². The Morgan fingerprint density at radius 3 is 2.68 bits per heavy atom. The van der Waals surface area contributed by atoms with Crippen molar-refractivity contribution in [2.75, 3.05) is 18.6 Å². The zero-order chi connectivity index (χ0) is 15.9. The van der Waals surface area contributed by atoms with Crippen molar-refractivity contribution in [2.24, 2.45) is 0 Å². The summed E-state index contributed by atoms with van der Waals surface area (Å²) >= 11 is 1.22. The van der Waals surface area contributed by atoms with Crippen LogP contribution in [0.3, 0.4) is 0 Å². The maximum Gasteiger partial charge on any atom is 0.277 e. The SMILES string of the molecule is C[C@H](Sc1nnc(C2CC2)o1)C(=O)N(C)[C@H]1CCS(=O)(=O)C1. The van der Waals surface area contributed by atoms with E-state index in [4.69, 9.17) is 4.42 Å². The summed E-state index contributed by atoms with van der Waals surface area (Å²) in [5.41, 5.74) is 0. The van der Waals surface area contributed by atoms with Gasteiger partial charge in [-0.25, -0.2) is 8.42 Å². The number of nitrogens with zero attached hydrogens (tertiary/aromatic N) is 3. The monoisotopic (exact) mass is 345 g/mol. The van der Waals surface area contributed by atoms with E-state index >= 15 is 0 Å². The third kappa shape index (κ3) is 3.45. The smallest absolute Gasteiger partial charge is 0.277 e. The molecule has 122 valence electrons. The molecule has 22 heavy (non-hydrogen) atoms. The van der Waals surface area contributed by atoms with Gasteiger partial charge in [0, 0.05) is 19.0 Å². The Labute approximate surface area is 133 Å². The topological polar surface area (TPSA) is 93.4 Å². The number of amides is 1. The van der Waals surface area contributed by atoms with Crippen molar-refractivity contribution in [1.29, 1.82) is 0 Å². The largest absolute Gasteiger partial charge is 0.416 e. The molecule has 1 aromatic rings. The van der Waals surface area contributed by atoms with Crippen molar-refractivity contribution in [3.05, 3.63) is 5.89 Å². The van der Waals surface area contributed by atoms with Gasteiger partial charge in [-0.3, -0.25) is 4.79 Å². The normalized spacial score (nSPS) is 25.1. The zero-order valence-corrected chi connectivity index (χ0v) is 14.2. The molecule has 2 atom stereocenters. The molecule has 0 bridgehead atoms. The first-order valence-electron chi connectivity index (χ1n) is 7.33. The lowest BCUT2D eigenvalue weighted by molar-refractivity contribution is -0.130. The van der Waals surface area contributed by atoms with Gasteiger partial charge in [0.1, 0.15) is 0 Å². The zero-order valence-electron chi connectivity index (χ0n) is 12.6. The highest BCUT2D eigenvalue weighted by Gasteiger charge is 2.35. The molecule has 1 amide bonds. The van der Waals surface area contributed by atoms with E-state index in [1.54, 1.807) is 18.9 Å². The van der Waals surface area contributed by atoms with E-state index in [0.29, 0.717) is 23.5 Å². The average Bonchev–Trinajstić information content (AvgIpc) is 3.11. The van der Waals surface area contributed by atoms with Gasteiger partial charge < -0.3 is 9.32 Å². The third-order valence-corrected chi connectivity index (χ3v) is 6.75. The van der Waals surface area contributed by atoms with Crippen LogP contribution in [-0.2, 0) is 14.6 Å². The molecule has 2 fully saturated rings. The molecular weight excluding hydrogens is 326 g/mol. The molecule has 1 saturated heterocycles. The fraction of sp³-hybridized carbons (Fsp3) is 0.769. The highest BCUT2D eigenvalue weighted by atomic mass is 32.2.